The molecule has 1 aromatic rings. The average Bonchev–Trinajstić information content (AvgIpc) is 3.08. The monoisotopic (exact) mass is 367 g/mol. The lowest BCUT2D eigenvalue weighted by atomic mass is 10.1. The molecule has 0 aromatic heterocycles. The number of amides is 2. The Hall–Kier alpha value is -1.34. The Balaban J connectivity index is 1.68. The molecule has 2 heterocycles. The molecule has 1 atom stereocenters. The first-order valence-electron chi connectivity index (χ1n) is 6.67. The Morgan fingerprint density at radius 1 is 1.48 bits per heavy atom. The van der Waals surface area contributed by atoms with Crippen molar-refractivity contribution in [3.63, 3.8) is 0 Å². The minimum atomic E-state index is -0.319. The van der Waals surface area contributed by atoms with Crippen molar-refractivity contribution in [1.29, 1.82) is 0 Å². The van der Waals surface area contributed by atoms with Gasteiger partial charge in [-0.1, -0.05) is 33.8 Å². The van der Waals surface area contributed by atoms with Gasteiger partial charge < -0.3 is 10.2 Å². The number of hydrogen-bond acceptors (Lipinski definition) is 4. The topological polar surface area (TPSA) is 61.8 Å². The highest BCUT2D eigenvalue weighted by Crippen LogP contribution is 2.27. The first-order chi connectivity index (χ1) is 10.1. The summed E-state index contributed by atoms with van der Waals surface area (Å²) in [5.41, 5.74) is 0.817. The first kappa shape index (κ1) is 14.6. The average molecular weight is 368 g/mol. The van der Waals surface area contributed by atoms with E-state index in [9.17, 15) is 9.59 Å². The highest BCUT2D eigenvalue weighted by molar-refractivity contribution is 9.10. The number of benzene rings is 1. The molecule has 21 heavy (non-hydrogen) atoms. The second kappa shape index (κ2) is 6.19. The maximum absolute atomic E-state index is 12.2. The zero-order chi connectivity index (χ0) is 14.8. The number of rotatable bonds is 2. The third kappa shape index (κ3) is 3.29. The van der Waals surface area contributed by atoms with Crippen molar-refractivity contribution in [1.82, 2.24) is 5.32 Å². The molecule has 0 radical (unpaired) electrons. The van der Waals surface area contributed by atoms with Crippen LogP contribution in [0.3, 0.4) is 0 Å². The molecule has 2 amide bonds. The van der Waals surface area contributed by atoms with E-state index in [0.29, 0.717) is 11.7 Å². The number of nitrogens with one attached hydrogen (secondary N) is 1. The van der Waals surface area contributed by atoms with E-state index >= 15 is 0 Å². The van der Waals surface area contributed by atoms with Crippen LogP contribution in [0.5, 0.6) is 0 Å². The molecule has 5 nitrogen and oxygen atoms in total. The fourth-order valence-corrected chi connectivity index (χ4v) is 3.51. The van der Waals surface area contributed by atoms with Gasteiger partial charge in [-0.3, -0.25) is 14.6 Å². The Labute approximate surface area is 135 Å². The zero-order valence-electron chi connectivity index (χ0n) is 11.2. The number of hydrogen-bond donors (Lipinski definition) is 1. The standard InChI is InChI=1S/C14H14BrN3O2S/c15-10-2-1-3-11(7-10)18-8-9(6-12(18)19)13(20)17-14-16-4-5-21-14/h1-3,7,9H,4-6,8H2,(H,16,17,20). The number of amidine groups is 1. The molecule has 1 N–H and O–H groups in total. The summed E-state index contributed by atoms with van der Waals surface area (Å²) < 4.78 is 0.914. The molecule has 0 saturated carbocycles. The lowest BCUT2D eigenvalue weighted by Crippen LogP contribution is -2.35. The van der Waals surface area contributed by atoms with Crippen molar-refractivity contribution in [3.05, 3.63) is 28.7 Å². The summed E-state index contributed by atoms with van der Waals surface area (Å²) in [6.07, 6.45) is 0.246. The summed E-state index contributed by atoms with van der Waals surface area (Å²) in [5, 5.41) is 3.49. The Morgan fingerprint density at radius 2 is 2.33 bits per heavy atom. The van der Waals surface area contributed by atoms with E-state index in [2.05, 4.69) is 26.2 Å². The Bertz CT molecular complexity index is 620. The Morgan fingerprint density at radius 3 is 3.05 bits per heavy atom. The second-order valence-electron chi connectivity index (χ2n) is 4.91. The molecular weight excluding hydrogens is 354 g/mol. The fraction of sp³-hybridized carbons (Fsp3) is 0.357. The van der Waals surface area contributed by atoms with Gasteiger partial charge in [0.1, 0.15) is 0 Å². The van der Waals surface area contributed by atoms with Crippen molar-refractivity contribution in [2.45, 2.75) is 6.42 Å². The summed E-state index contributed by atoms with van der Waals surface area (Å²) in [6, 6.07) is 7.54. The van der Waals surface area contributed by atoms with Gasteiger partial charge in [-0.05, 0) is 18.2 Å². The van der Waals surface area contributed by atoms with Gasteiger partial charge in [0.25, 0.3) is 0 Å². The third-order valence-corrected chi connectivity index (χ3v) is 4.82. The maximum Gasteiger partial charge on any atom is 0.231 e. The van der Waals surface area contributed by atoms with Gasteiger partial charge in [0.05, 0.1) is 12.5 Å². The van der Waals surface area contributed by atoms with Crippen LogP contribution in [0.15, 0.2) is 33.7 Å². The fourth-order valence-electron chi connectivity index (χ4n) is 2.39. The van der Waals surface area contributed by atoms with Crippen LogP contribution < -0.4 is 10.2 Å². The number of carbonyl (C=O) groups excluding carboxylic acids is 2. The summed E-state index contributed by atoms with van der Waals surface area (Å²) >= 11 is 4.94. The summed E-state index contributed by atoms with van der Waals surface area (Å²) in [7, 11) is 0. The summed E-state index contributed by atoms with van der Waals surface area (Å²) in [4.78, 5) is 30.2. The molecule has 7 heteroatoms. The molecule has 110 valence electrons. The number of carbonyl (C=O) groups is 2. The van der Waals surface area contributed by atoms with Crippen LogP contribution in [-0.4, -0.2) is 35.8 Å². The smallest absolute Gasteiger partial charge is 0.231 e. The van der Waals surface area contributed by atoms with Crippen LogP contribution >= 0.6 is 27.7 Å². The molecule has 0 bridgehead atoms. The zero-order valence-corrected chi connectivity index (χ0v) is 13.6. The molecule has 2 aliphatic rings. The predicted molar refractivity (Wildman–Crippen MR) is 87.5 cm³/mol. The van der Waals surface area contributed by atoms with E-state index < -0.39 is 0 Å². The normalized spacial score (nSPS) is 21.6. The molecule has 0 aliphatic carbocycles. The van der Waals surface area contributed by atoms with Crippen molar-refractivity contribution >= 4 is 50.4 Å². The lowest BCUT2D eigenvalue weighted by Gasteiger charge is -2.17. The quantitative estimate of drug-likeness (QED) is 0.869. The van der Waals surface area contributed by atoms with Gasteiger partial charge in [-0.15, -0.1) is 0 Å². The van der Waals surface area contributed by atoms with Crippen molar-refractivity contribution < 1.29 is 9.59 Å². The molecule has 2 aliphatic heterocycles. The van der Waals surface area contributed by atoms with E-state index in [0.717, 1.165) is 22.5 Å². The largest absolute Gasteiger partial charge is 0.312 e. The lowest BCUT2D eigenvalue weighted by molar-refractivity contribution is -0.125. The number of aliphatic imine (C=N–C) groups is 1. The summed E-state index contributed by atoms with van der Waals surface area (Å²) in [5.74, 6) is 0.451. The van der Waals surface area contributed by atoms with Crippen LogP contribution in [0.4, 0.5) is 5.69 Å². The SMILES string of the molecule is O=C(NC1=NCCS1)C1CC(=O)N(c2cccc(Br)c2)C1. The van der Waals surface area contributed by atoms with E-state index in [-0.39, 0.29) is 24.2 Å². The highest BCUT2D eigenvalue weighted by Gasteiger charge is 2.35. The highest BCUT2D eigenvalue weighted by atomic mass is 79.9. The van der Waals surface area contributed by atoms with Crippen molar-refractivity contribution in [2.75, 3.05) is 23.7 Å². The first-order valence-corrected chi connectivity index (χ1v) is 8.45. The van der Waals surface area contributed by atoms with Gasteiger partial charge in [-0.25, -0.2) is 0 Å². The van der Waals surface area contributed by atoms with Crippen molar-refractivity contribution in [2.24, 2.45) is 10.9 Å². The van der Waals surface area contributed by atoms with Gasteiger partial charge >= 0.3 is 0 Å². The van der Waals surface area contributed by atoms with Crippen LogP contribution in [0.2, 0.25) is 0 Å². The van der Waals surface area contributed by atoms with Crippen LogP contribution in [0.1, 0.15) is 6.42 Å². The predicted octanol–water partition coefficient (Wildman–Crippen LogP) is 2.02. The number of anilines is 1. The third-order valence-electron chi connectivity index (χ3n) is 3.43. The van der Waals surface area contributed by atoms with Gasteiger partial charge in [-0.2, -0.15) is 0 Å². The van der Waals surface area contributed by atoms with Crippen LogP contribution in [0, 0.1) is 5.92 Å². The summed E-state index contributed by atoms with van der Waals surface area (Å²) in [6.45, 7) is 1.16. The van der Waals surface area contributed by atoms with Gasteiger partial charge in [0, 0.05) is 28.9 Å². The number of halogens is 1. The van der Waals surface area contributed by atoms with E-state index in [1.54, 1.807) is 16.7 Å². The number of thioether (sulfide) groups is 1. The van der Waals surface area contributed by atoms with Crippen LogP contribution in [-0.2, 0) is 9.59 Å². The molecule has 1 saturated heterocycles. The minimum Gasteiger partial charge on any atom is -0.312 e. The second-order valence-corrected chi connectivity index (χ2v) is 6.91. The molecule has 1 fully saturated rings. The molecule has 0 spiro atoms. The van der Waals surface area contributed by atoms with E-state index in [1.165, 1.54) is 0 Å². The minimum absolute atomic E-state index is 0.0192. The van der Waals surface area contributed by atoms with E-state index in [1.807, 2.05) is 24.3 Å². The van der Waals surface area contributed by atoms with Gasteiger partial charge in [0.2, 0.25) is 11.8 Å². The molecule has 3 rings (SSSR count). The van der Waals surface area contributed by atoms with E-state index in [4.69, 9.17) is 0 Å². The molecule has 1 aromatic carbocycles. The molecular formula is C14H14BrN3O2S. The number of nitrogens with zero attached hydrogens (tertiary/aromatic N) is 2. The van der Waals surface area contributed by atoms with Crippen molar-refractivity contribution in [3.8, 4) is 0 Å². The maximum atomic E-state index is 12.2. The molecule has 1 unspecified atom stereocenters. The van der Waals surface area contributed by atoms with Gasteiger partial charge in [0.15, 0.2) is 5.17 Å². The Kier molecular flexibility index (Phi) is 4.30. The van der Waals surface area contributed by atoms with Crippen LogP contribution in [0.25, 0.3) is 0 Å².